The van der Waals surface area contributed by atoms with E-state index in [1.54, 1.807) is 30.3 Å². The van der Waals surface area contributed by atoms with E-state index in [2.05, 4.69) is 15.2 Å². The molecule has 214 valence electrons. The van der Waals surface area contributed by atoms with Crippen LogP contribution in [-0.4, -0.2) is 61.6 Å². The molecular formula is C30H30F2N4O4S. The second-order valence-corrected chi connectivity index (χ2v) is 11.5. The maximum atomic E-state index is 13.6. The fraction of sp³-hybridized carbons (Fsp3) is 0.267. The summed E-state index contributed by atoms with van der Waals surface area (Å²) < 4.78 is 64.9. The van der Waals surface area contributed by atoms with Crippen molar-refractivity contribution < 1.29 is 26.7 Å². The van der Waals surface area contributed by atoms with Crippen molar-refractivity contribution >= 4 is 15.6 Å². The van der Waals surface area contributed by atoms with E-state index >= 15 is 0 Å². The van der Waals surface area contributed by atoms with Gasteiger partial charge in [-0.25, -0.2) is 8.78 Å². The van der Waals surface area contributed by atoms with Gasteiger partial charge in [-0.15, -0.1) is 9.19 Å². The molecule has 5 rings (SSSR count). The molecule has 1 aliphatic heterocycles. The van der Waals surface area contributed by atoms with Crippen molar-refractivity contribution in [1.29, 1.82) is 0 Å². The van der Waals surface area contributed by atoms with Crippen LogP contribution in [0.25, 0.3) is 5.57 Å². The lowest BCUT2D eigenvalue weighted by molar-refractivity contribution is 0.259. The Bertz CT molecular complexity index is 1600. The van der Waals surface area contributed by atoms with Crippen molar-refractivity contribution in [2.45, 2.75) is 24.2 Å². The van der Waals surface area contributed by atoms with Gasteiger partial charge in [-0.1, -0.05) is 35.1 Å². The summed E-state index contributed by atoms with van der Waals surface area (Å²) >= 11 is 0. The molecule has 3 aromatic carbocycles. The van der Waals surface area contributed by atoms with Gasteiger partial charge in [-0.2, -0.15) is 8.42 Å². The highest BCUT2D eigenvalue weighted by Gasteiger charge is 2.25. The Morgan fingerprint density at radius 1 is 0.878 bits per heavy atom. The van der Waals surface area contributed by atoms with Gasteiger partial charge in [0.1, 0.15) is 28.0 Å². The molecule has 2 heterocycles. The molecule has 0 atom stereocenters. The molecule has 0 saturated carbocycles. The molecule has 8 nitrogen and oxygen atoms in total. The van der Waals surface area contributed by atoms with Crippen LogP contribution in [0.2, 0.25) is 0 Å². The predicted octanol–water partition coefficient (Wildman–Crippen LogP) is 4.95. The minimum Gasteiger partial charge on any atom is -0.497 e. The molecule has 1 fully saturated rings. The molecule has 0 radical (unpaired) electrons. The van der Waals surface area contributed by atoms with Gasteiger partial charge >= 0.3 is 0 Å². The molecule has 41 heavy (non-hydrogen) atoms. The maximum absolute atomic E-state index is 13.6. The van der Waals surface area contributed by atoms with Gasteiger partial charge < -0.3 is 14.4 Å². The minimum atomic E-state index is -4.01. The number of methoxy groups -OCH3 is 2. The number of aromatic nitrogens is 3. The molecule has 0 unspecified atom stereocenters. The predicted molar refractivity (Wildman–Crippen MR) is 150 cm³/mol. The number of piperidine rings is 1. The normalized spacial score (nSPS) is 14.2. The van der Waals surface area contributed by atoms with Crippen LogP contribution in [0.3, 0.4) is 0 Å². The maximum Gasteiger partial charge on any atom is 0.288 e. The first-order valence-corrected chi connectivity index (χ1v) is 14.6. The average Bonchev–Trinajstić information content (AvgIpc) is 3.48. The zero-order valence-corrected chi connectivity index (χ0v) is 23.6. The monoisotopic (exact) mass is 580 g/mol. The zero-order chi connectivity index (χ0) is 29.0. The lowest BCUT2D eigenvalue weighted by Crippen LogP contribution is -2.33. The highest BCUT2D eigenvalue weighted by Crippen LogP contribution is 2.33. The number of likely N-dealkylation sites (tertiary alicyclic amines) is 1. The fourth-order valence-electron chi connectivity index (χ4n) is 4.98. The summed E-state index contributed by atoms with van der Waals surface area (Å²) in [5.74, 6) is 0.0149. The van der Waals surface area contributed by atoms with Crippen LogP contribution in [-0.2, 0) is 16.4 Å². The third-order valence-electron chi connectivity index (χ3n) is 7.18. The van der Waals surface area contributed by atoms with Gasteiger partial charge in [0.05, 0.1) is 26.1 Å². The molecule has 11 heteroatoms. The van der Waals surface area contributed by atoms with E-state index in [-0.39, 0.29) is 22.3 Å². The van der Waals surface area contributed by atoms with Crippen molar-refractivity contribution in [1.82, 2.24) is 19.3 Å². The Labute approximate surface area is 237 Å². The lowest BCUT2D eigenvalue weighted by Gasteiger charge is -2.30. The average molecular weight is 581 g/mol. The molecule has 4 aromatic rings. The first-order chi connectivity index (χ1) is 19.8. The van der Waals surface area contributed by atoms with Crippen LogP contribution in [0, 0.1) is 11.6 Å². The van der Waals surface area contributed by atoms with E-state index in [4.69, 9.17) is 9.47 Å². The van der Waals surface area contributed by atoms with Gasteiger partial charge in [-0.05, 0) is 65.9 Å². The molecule has 0 N–H and O–H groups in total. The number of rotatable bonds is 9. The summed E-state index contributed by atoms with van der Waals surface area (Å²) in [6.45, 7) is 2.26. The van der Waals surface area contributed by atoms with E-state index in [0.717, 1.165) is 46.7 Å². The van der Waals surface area contributed by atoms with E-state index in [1.165, 1.54) is 62.4 Å². The van der Waals surface area contributed by atoms with Crippen molar-refractivity contribution in [3.63, 3.8) is 0 Å². The number of hydrogen-bond donors (Lipinski definition) is 0. The van der Waals surface area contributed by atoms with Crippen LogP contribution in [0.5, 0.6) is 11.5 Å². The van der Waals surface area contributed by atoms with Crippen LogP contribution >= 0.6 is 0 Å². The largest absolute Gasteiger partial charge is 0.497 e. The molecule has 1 aromatic heterocycles. The summed E-state index contributed by atoms with van der Waals surface area (Å²) in [5.41, 5.74) is 4.58. The van der Waals surface area contributed by atoms with Crippen LogP contribution in [0.1, 0.15) is 29.7 Å². The van der Waals surface area contributed by atoms with E-state index in [1.807, 2.05) is 0 Å². The summed E-state index contributed by atoms with van der Waals surface area (Å²) in [6.07, 6.45) is 3.54. The summed E-state index contributed by atoms with van der Waals surface area (Å²) in [4.78, 5) is 2.25. The highest BCUT2D eigenvalue weighted by molar-refractivity contribution is 7.90. The highest BCUT2D eigenvalue weighted by atomic mass is 32.2. The quantitative estimate of drug-likeness (QED) is 0.277. The van der Waals surface area contributed by atoms with Gasteiger partial charge in [0, 0.05) is 32.1 Å². The summed E-state index contributed by atoms with van der Waals surface area (Å²) in [5, 5.41) is 7.96. The minimum absolute atomic E-state index is 0.0364. The van der Waals surface area contributed by atoms with Gasteiger partial charge in [0.25, 0.3) is 10.0 Å². The molecule has 1 aliphatic rings. The third-order valence-corrected chi connectivity index (χ3v) is 8.74. The lowest BCUT2D eigenvalue weighted by atomic mass is 9.88. The van der Waals surface area contributed by atoms with Crippen molar-refractivity contribution in [2.24, 2.45) is 0 Å². The Morgan fingerprint density at radius 3 is 2.05 bits per heavy atom. The smallest absolute Gasteiger partial charge is 0.288 e. The van der Waals surface area contributed by atoms with Crippen LogP contribution < -0.4 is 9.47 Å². The molecule has 1 saturated heterocycles. The number of halogens is 2. The van der Waals surface area contributed by atoms with Crippen molar-refractivity contribution in [2.75, 3.05) is 33.9 Å². The Balaban J connectivity index is 1.27. The van der Waals surface area contributed by atoms with Crippen molar-refractivity contribution in [3.05, 3.63) is 107 Å². The molecular weight excluding hydrogens is 550 g/mol. The third kappa shape index (κ3) is 6.31. The van der Waals surface area contributed by atoms with Gasteiger partial charge in [0.2, 0.25) is 0 Å². The standard InChI is InChI=1S/C30H30F2N4O4S/c1-39-27-11-12-29(28(19-27)40-2)41(37,38)36-20-26(33-34-36)15-18-35-16-13-23(14-17-35)30(21-3-7-24(31)8-4-21)22-5-9-25(32)10-6-22/h3-12,19-20H,13-18H2,1-2H3. The van der Waals surface area contributed by atoms with E-state index in [9.17, 15) is 17.2 Å². The molecule has 0 amide bonds. The Morgan fingerprint density at radius 2 is 1.49 bits per heavy atom. The van der Waals surface area contributed by atoms with Gasteiger partial charge in [0.15, 0.2) is 0 Å². The molecule has 0 aliphatic carbocycles. The second-order valence-electron chi connectivity index (χ2n) is 9.69. The first-order valence-electron chi connectivity index (χ1n) is 13.1. The Kier molecular flexibility index (Phi) is 8.46. The van der Waals surface area contributed by atoms with Crippen LogP contribution in [0.4, 0.5) is 8.78 Å². The van der Waals surface area contributed by atoms with Gasteiger partial charge in [-0.3, -0.25) is 0 Å². The second kappa shape index (κ2) is 12.2. The number of nitrogens with zero attached hydrogens (tertiary/aromatic N) is 4. The van der Waals surface area contributed by atoms with Crippen LogP contribution in [0.15, 0.2) is 83.4 Å². The zero-order valence-electron chi connectivity index (χ0n) is 22.8. The topological polar surface area (TPSA) is 86.6 Å². The van der Waals surface area contributed by atoms with E-state index < -0.39 is 10.0 Å². The number of ether oxygens (including phenoxy) is 2. The molecule has 0 spiro atoms. The summed E-state index contributed by atoms with van der Waals surface area (Å²) in [7, 11) is -1.13. The number of benzene rings is 3. The van der Waals surface area contributed by atoms with Crippen molar-refractivity contribution in [3.8, 4) is 11.5 Å². The first kappa shape index (κ1) is 28.4. The van der Waals surface area contributed by atoms with E-state index in [0.29, 0.717) is 24.4 Å². The summed E-state index contributed by atoms with van der Waals surface area (Å²) in [6, 6.07) is 17.2. The SMILES string of the molecule is COc1ccc(S(=O)(=O)n2cc(CCN3CCC(=C(c4ccc(F)cc4)c4ccc(F)cc4)CC3)nn2)c(OC)c1. The molecule has 0 bridgehead atoms. The fourth-order valence-corrected chi connectivity index (χ4v) is 6.21. The Hall–Kier alpha value is -4.09. The number of hydrogen-bond acceptors (Lipinski definition) is 7.